The van der Waals surface area contributed by atoms with Gasteiger partial charge in [0.2, 0.25) is 0 Å². The quantitative estimate of drug-likeness (QED) is 0.884. The summed E-state index contributed by atoms with van der Waals surface area (Å²) in [6, 6.07) is 0.937. The van der Waals surface area contributed by atoms with Crippen molar-refractivity contribution in [2.75, 3.05) is 20.1 Å². The van der Waals surface area contributed by atoms with Crippen molar-refractivity contribution in [3.8, 4) is 0 Å². The lowest BCUT2D eigenvalue weighted by atomic mass is 10.0. The van der Waals surface area contributed by atoms with Crippen LogP contribution in [0.4, 0.5) is 0 Å². The van der Waals surface area contributed by atoms with Gasteiger partial charge in [-0.3, -0.25) is 9.97 Å². The van der Waals surface area contributed by atoms with Gasteiger partial charge >= 0.3 is 0 Å². The van der Waals surface area contributed by atoms with Crippen LogP contribution in [0.5, 0.6) is 0 Å². The molecule has 0 radical (unpaired) electrons. The summed E-state index contributed by atoms with van der Waals surface area (Å²) in [7, 11) is 2.23. The molecule has 1 saturated heterocycles. The van der Waals surface area contributed by atoms with Gasteiger partial charge in [-0.15, -0.1) is 0 Å². The van der Waals surface area contributed by atoms with Crippen molar-refractivity contribution >= 4 is 0 Å². The van der Waals surface area contributed by atoms with E-state index in [0.29, 0.717) is 6.04 Å². The maximum absolute atomic E-state index is 4.42. The molecular formula is C14H24N4. The Morgan fingerprint density at radius 1 is 1.39 bits per heavy atom. The third-order valence-electron chi connectivity index (χ3n) is 3.91. The lowest BCUT2D eigenvalue weighted by Crippen LogP contribution is -2.43. The largest absolute Gasteiger partial charge is 0.307 e. The second kappa shape index (κ2) is 6.25. The Hall–Kier alpha value is -1.00. The summed E-state index contributed by atoms with van der Waals surface area (Å²) in [6.07, 6.45) is 7.52. The van der Waals surface area contributed by atoms with E-state index in [2.05, 4.69) is 34.2 Å². The number of aryl methyl sites for hydroxylation is 1. The molecule has 2 unspecified atom stereocenters. The fourth-order valence-corrected chi connectivity index (χ4v) is 2.65. The highest BCUT2D eigenvalue weighted by molar-refractivity contribution is 5.12. The molecule has 1 N–H and O–H groups in total. The first-order valence-electron chi connectivity index (χ1n) is 6.89. The molecule has 100 valence electrons. The van der Waals surface area contributed by atoms with Gasteiger partial charge in [0.1, 0.15) is 0 Å². The number of nitrogens with zero attached hydrogens (tertiary/aromatic N) is 3. The first-order valence-corrected chi connectivity index (χ1v) is 6.89. The van der Waals surface area contributed by atoms with Gasteiger partial charge < -0.3 is 10.2 Å². The zero-order valence-corrected chi connectivity index (χ0v) is 11.7. The highest BCUT2D eigenvalue weighted by Gasteiger charge is 2.20. The first kappa shape index (κ1) is 13.4. The molecule has 4 nitrogen and oxygen atoms in total. The van der Waals surface area contributed by atoms with Gasteiger partial charge in [0.15, 0.2) is 0 Å². The first-order chi connectivity index (χ1) is 8.68. The molecule has 1 aliphatic heterocycles. The predicted molar refractivity (Wildman–Crippen MR) is 73.5 cm³/mol. The Morgan fingerprint density at radius 2 is 2.17 bits per heavy atom. The lowest BCUT2D eigenvalue weighted by Gasteiger charge is -2.33. The van der Waals surface area contributed by atoms with Crippen LogP contribution in [-0.4, -0.2) is 41.0 Å². The third kappa shape index (κ3) is 3.27. The number of rotatable bonds is 4. The number of likely N-dealkylation sites (tertiary alicyclic amines) is 1. The Labute approximate surface area is 110 Å². The van der Waals surface area contributed by atoms with Crippen molar-refractivity contribution in [2.24, 2.45) is 0 Å². The van der Waals surface area contributed by atoms with E-state index >= 15 is 0 Å². The van der Waals surface area contributed by atoms with E-state index in [1.807, 2.05) is 6.92 Å². The SMILES string of the molecule is Cc1nccnc1C(C)NCC1CCCCN1C. The molecule has 2 rings (SSSR count). The molecule has 0 saturated carbocycles. The standard InChI is InChI=1S/C14H24N4/c1-11-14(16-8-7-15-11)12(2)17-10-13-6-4-5-9-18(13)3/h7-8,12-13,17H,4-6,9-10H2,1-3H3. The van der Waals surface area contributed by atoms with Crippen LogP contribution in [0.25, 0.3) is 0 Å². The van der Waals surface area contributed by atoms with Crippen LogP contribution in [-0.2, 0) is 0 Å². The molecule has 0 spiro atoms. The number of hydrogen-bond donors (Lipinski definition) is 1. The molecule has 0 amide bonds. The van der Waals surface area contributed by atoms with Crippen molar-refractivity contribution in [3.05, 3.63) is 23.8 Å². The number of nitrogens with one attached hydrogen (secondary N) is 1. The molecule has 1 aromatic heterocycles. The van der Waals surface area contributed by atoms with E-state index in [0.717, 1.165) is 17.9 Å². The van der Waals surface area contributed by atoms with Gasteiger partial charge in [0, 0.05) is 31.0 Å². The molecule has 1 aliphatic rings. The van der Waals surface area contributed by atoms with Crippen LogP contribution in [0.1, 0.15) is 43.6 Å². The van der Waals surface area contributed by atoms with Gasteiger partial charge in [-0.2, -0.15) is 0 Å². The van der Waals surface area contributed by atoms with E-state index in [1.165, 1.54) is 25.8 Å². The summed E-state index contributed by atoms with van der Waals surface area (Å²) in [4.78, 5) is 11.2. The molecule has 1 fully saturated rings. The molecule has 2 heterocycles. The van der Waals surface area contributed by atoms with Gasteiger partial charge in [-0.05, 0) is 40.3 Å². The van der Waals surface area contributed by atoms with Crippen molar-refractivity contribution in [3.63, 3.8) is 0 Å². The van der Waals surface area contributed by atoms with Gasteiger partial charge in [0.25, 0.3) is 0 Å². The van der Waals surface area contributed by atoms with Crippen LogP contribution in [0, 0.1) is 6.92 Å². The zero-order chi connectivity index (χ0) is 13.0. The molecule has 0 aromatic carbocycles. The number of likely N-dealkylation sites (N-methyl/N-ethyl adjacent to an activating group) is 1. The van der Waals surface area contributed by atoms with Crippen molar-refractivity contribution in [1.29, 1.82) is 0 Å². The second-order valence-corrected chi connectivity index (χ2v) is 5.29. The van der Waals surface area contributed by atoms with Gasteiger partial charge in [-0.25, -0.2) is 0 Å². The highest BCUT2D eigenvalue weighted by atomic mass is 15.2. The van der Waals surface area contributed by atoms with Crippen LogP contribution in [0.2, 0.25) is 0 Å². The molecule has 2 atom stereocenters. The Bertz CT molecular complexity index is 380. The normalized spacial score (nSPS) is 22.9. The number of hydrogen-bond acceptors (Lipinski definition) is 4. The topological polar surface area (TPSA) is 41.1 Å². The van der Waals surface area contributed by atoms with Crippen LogP contribution < -0.4 is 5.32 Å². The summed E-state index contributed by atoms with van der Waals surface area (Å²) >= 11 is 0. The smallest absolute Gasteiger partial charge is 0.0782 e. The van der Waals surface area contributed by atoms with E-state index in [-0.39, 0.29) is 6.04 Å². The maximum Gasteiger partial charge on any atom is 0.0782 e. The Morgan fingerprint density at radius 3 is 2.89 bits per heavy atom. The predicted octanol–water partition coefficient (Wildman–Crippen LogP) is 1.92. The summed E-state index contributed by atoms with van der Waals surface area (Å²) in [5.41, 5.74) is 2.09. The summed E-state index contributed by atoms with van der Waals surface area (Å²) in [5, 5.41) is 3.60. The fourth-order valence-electron chi connectivity index (χ4n) is 2.65. The van der Waals surface area contributed by atoms with Crippen molar-refractivity contribution < 1.29 is 0 Å². The molecule has 1 aromatic rings. The van der Waals surface area contributed by atoms with E-state index in [9.17, 15) is 0 Å². The summed E-state index contributed by atoms with van der Waals surface area (Å²) in [5.74, 6) is 0. The second-order valence-electron chi connectivity index (χ2n) is 5.29. The number of aromatic nitrogens is 2. The summed E-state index contributed by atoms with van der Waals surface area (Å²) in [6.45, 7) is 6.45. The fraction of sp³-hybridized carbons (Fsp3) is 0.714. The number of piperidine rings is 1. The van der Waals surface area contributed by atoms with Crippen LogP contribution >= 0.6 is 0 Å². The molecule has 0 aliphatic carbocycles. The molecule has 18 heavy (non-hydrogen) atoms. The summed E-state index contributed by atoms with van der Waals surface area (Å²) < 4.78 is 0. The third-order valence-corrected chi connectivity index (χ3v) is 3.91. The van der Waals surface area contributed by atoms with Gasteiger partial charge in [0.05, 0.1) is 11.4 Å². The molecular weight excluding hydrogens is 224 g/mol. The molecule has 0 bridgehead atoms. The van der Waals surface area contributed by atoms with E-state index in [4.69, 9.17) is 0 Å². The minimum absolute atomic E-state index is 0.272. The maximum atomic E-state index is 4.42. The van der Waals surface area contributed by atoms with E-state index < -0.39 is 0 Å². The van der Waals surface area contributed by atoms with E-state index in [1.54, 1.807) is 12.4 Å². The van der Waals surface area contributed by atoms with Crippen LogP contribution in [0.15, 0.2) is 12.4 Å². The minimum Gasteiger partial charge on any atom is -0.307 e. The minimum atomic E-state index is 0.272. The Balaban J connectivity index is 1.88. The molecule has 4 heteroatoms. The lowest BCUT2D eigenvalue weighted by molar-refractivity contribution is 0.178. The Kier molecular flexibility index (Phi) is 4.66. The average Bonchev–Trinajstić information content (AvgIpc) is 2.38. The van der Waals surface area contributed by atoms with Crippen LogP contribution in [0.3, 0.4) is 0 Å². The highest BCUT2D eigenvalue weighted by Crippen LogP contribution is 2.16. The van der Waals surface area contributed by atoms with Crippen molar-refractivity contribution in [1.82, 2.24) is 20.2 Å². The monoisotopic (exact) mass is 248 g/mol. The zero-order valence-electron chi connectivity index (χ0n) is 11.7. The average molecular weight is 248 g/mol. The van der Waals surface area contributed by atoms with Crippen molar-refractivity contribution in [2.45, 2.75) is 45.2 Å². The van der Waals surface area contributed by atoms with Gasteiger partial charge in [-0.1, -0.05) is 6.42 Å².